The molecule has 0 saturated carbocycles. The number of carbonyl (C=O) groups is 1. The van der Waals surface area contributed by atoms with Crippen LogP contribution in [0.5, 0.6) is 0 Å². The zero-order valence-corrected chi connectivity index (χ0v) is 7.89. The highest BCUT2D eigenvalue weighted by molar-refractivity contribution is 6.31. The van der Waals surface area contributed by atoms with E-state index in [4.69, 9.17) is 11.6 Å². The zero-order chi connectivity index (χ0) is 12.7. The third-order valence-electron chi connectivity index (χ3n) is 1.60. The van der Waals surface area contributed by atoms with Gasteiger partial charge in [0, 0.05) is 0 Å². The Kier molecular flexibility index (Phi) is 3.18. The zero-order valence-electron chi connectivity index (χ0n) is 7.13. The van der Waals surface area contributed by atoms with Crippen LogP contribution in [0.1, 0.15) is 10.4 Å². The van der Waals surface area contributed by atoms with E-state index in [0.717, 1.165) is 0 Å². The van der Waals surface area contributed by atoms with E-state index in [2.05, 4.69) is 0 Å². The standard InChI is InChI=1S/C8HClF6O/c9-3-1-2(7(16)8(13,14)15)4(10)6(12)5(3)11/h1H. The molecule has 0 aliphatic carbocycles. The first kappa shape index (κ1) is 12.8. The second kappa shape index (κ2) is 3.97. The smallest absolute Gasteiger partial charge is 0.284 e. The molecule has 0 fully saturated rings. The molecule has 0 N–H and O–H groups in total. The summed E-state index contributed by atoms with van der Waals surface area (Å²) in [5.41, 5.74) is -1.66. The number of ketones is 1. The molecule has 0 amide bonds. The molecule has 0 aliphatic rings. The summed E-state index contributed by atoms with van der Waals surface area (Å²) in [4.78, 5) is 10.6. The summed E-state index contributed by atoms with van der Waals surface area (Å²) in [6, 6.07) is 0.0884. The van der Waals surface area contributed by atoms with Gasteiger partial charge in [-0.1, -0.05) is 11.6 Å². The number of hydrogen-bond donors (Lipinski definition) is 0. The molecule has 0 saturated heterocycles. The van der Waals surface area contributed by atoms with E-state index in [0.29, 0.717) is 0 Å². The van der Waals surface area contributed by atoms with E-state index in [1.165, 1.54) is 0 Å². The average molecular weight is 263 g/mol. The van der Waals surface area contributed by atoms with Crippen molar-refractivity contribution in [2.24, 2.45) is 0 Å². The molecule has 0 bridgehead atoms. The van der Waals surface area contributed by atoms with Gasteiger partial charge in [-0.05, 0) is 6.07 Å². The van der Waals surface area contributed by atoms with Crippen molar-refractivity contribution in [3.8, 4) is 0 Å². The Labute approximate surface area is 89.6 Å². The van der Waals surface area contributed by atoms with Crippen molar-refractivity contribution in [3.05, 3.63) is 34.1 Å². The molecular formula is C8HClF6O. The van der Waals surface area contributed by atoms with Crippen LogP contribution >= 0.6 is 11.6 Å². The molecule has 8 heteroatoms. The van der Waals surface area contributed by atoms with E-state index in [1.54, 1.807) is 0 Å². The van der Waals surface area contributed by atoms with Crippen LogP contribution in [0.25, 0.3) is 0 Å². The minimum absolute atomic E-state index is 0.0884. The van der Waals surface area contributed by atoms with E-state index in [9.17, 15) is 31.1 Å². The Balaban J connectivity index is 3.43. The minimum Gasteiger partial charge on any atom is -0.284 e. The summed E-state index contributed by atoms with van der Waals surface area (Å²) in [6.07, 6.45) is -5.39. The Morgan fingerprint density at radius 2 is 1.56 bits per heavy atom. The number of halogens is 7. The molecule has 0 aromatic heterocycles. The normalized spacial score (nSPS) is 11.7. The lowest BCUT2D eigenvalue weighted by atomic mass is 10.1. The van der Waals surface area contributed by atoms with Crippen molar-refractivity contribution < 1.29 is 31.1 Å². The molecule has 1 nitrogen and oxygen atoms in total. The summed E-state index contributed by atoms with van der Waals surface area (Å²) < 4.78 is 73.8. The van der Waals surface area contributed by atoms with Crippen LogP contribution in [-0.4, -0.2) is 12.0 Å². The Bertz CT molecular complexity index is 453. The van der Waals surface area contributed by atoms with Crippen molar-refractivity contribution in [1.29, 1.82) is 0 Å². The molecule has 88 valence electrons. The number of rotatable bonds is 1. The van der Waals surface area contributed by atoms with E-state index < -0.39 is 40.0 Å². The van der Waals surface area contributed by atoms with Crippen LogP contribution in [0, 0.1) is 17.5 Å². The van der Waals surface area contributed by atoms with E-state index in [-0.39, 0.29) is 6.07 Å². The van der Waals surface area contributed by atoms with E-state index in [1.807, 2.05) is 0 Å². The van der Waals surface area contributed by atoms with Gasteiger partial charge in [0.1, 0.15) is 0 Å². The molecule has 0 heterocycles. The van der Waals surface area contributed by atoms with Gasteiger partial charge < -0.3 is 0 Å². The van der Waals surface area contributed by atoms with Crippen molar-refractivity contribution in [1.82, 2.24) is 0 Å². The second-order valence-corrected chi connectivity index (χ2v) is 3.08. The minimum atomic E-state index is -5.39. The Morgan fingerprint density at radius 1 is 1.06 bits per heavy atom. The molecule has 1 rings (SSSR count). The van der Waals surface area contributed by atoms with Crippen molar-refractivity contribution >= 4 is 17.4 Å². The van der Waals surface area contributed by atoms with Gasteiger partial charge in [0.2, 0.25) is 0 Å². The lowest BCUT2D eigenvalue weighted by Crippen LogP contribution is -2.24. The Morgan fingerprint density at radius 3 is 2.00 bits per heavy atom. The highest BCUT2D eigenvalue weighted by Gasteiger charge is 2.42. The van der Waals surface area contributed by atoms with Crippen LogP contribution in [0.15, 0.2) is 6.07 Å². The molecular weight excluding hydrogens is 262 g/mol. The van der Waals surface area contributed by atoms with Gasteiger partial charge in [-0.3, -0.25) is 4.79 Å². The maximum absolute atomic E-state index is 12.8. The fourth-order valence-corrected chi connectivity index (χ4v) is 1.08. The van der Waals surface area contributed by atoms with Gasteiger partial charge in [0.05, 0.1) is 10.6 Å². The molecule has 1 aromatic rings. The van der Waals surface area contributed by atoms with Crippen molar-refractivity contribution in [2.45, 2.75) is 6.18 Å². The van der Waals surface area contributed by atoms with Gasteiger partial charge in [-0.25, -0.2) is 13.2 Å². The van der Waals surface area contributed by atoms with Gasteiger partial charge in [-0.2, -0.15) is 13.2 Å². The predicted octanol–water partition coefficient (Wildman–Crippen LogP) is 3.50. The molecule has 16 heavy (non-hydrogen) atoms. The Hall–Kier alpha value is -1.24. The lowest BCUT2D eigenvalue weighted by molar-refractivity contribution is -0.0888. The molecule has 0 atom stereocenters. The summed E-state index contributed by atoms with van der Waals surface area (Å²) in [7, 11) is 0. The van der Waals surface area contributed by atoms with Crippen LogP contribution in [0.3, 0.4) is 0 Å². The number of hydrogen-bond acceptors (Lipinski definition) is 1. The molecule has 0 aliphatic heterocycles. The first-order chi connectivity index (χ1) is 7.16. The third-order valence-corrected chi connectivity index (χ3v) is 1.88. The first-order valence-electron chi connectivity index (χ1n) is 3.60. The van der Waals surface area contributed by atoms with Crippen LogP contribution in [0.2, 0.25) is 5.02 Å². The summed E-state index contributed by atoms with van der Waals surface area (Å²) in [6.45, 7) is 0. The van der Waals surface area contributed by atoms with Crippen LogP contribution in [0.4, 0.5) is 26.3 Å². The summed E-state index contributed by atoms with van der Waals surface area (Å²) in [5, 5.41) is -1.11. The van der Waals surface area contributed by atoms with Crippen LogP contribution in [-0.2, 0) is 0 Å². The number of Topliss-reactive ketones (excluding diaryl/α,β-unsaturated/α-hetero) is 1. The fraction of sp³-hybridized carbons (Fsp3) is 0.125. The quantitative estimate of drug-likeness (QED) is 0.328. The molecule has 1 aromatic carbocycles. The lowest BCUT2D eigenvalue weighted by Gasteiger charge is -2.07. The predicted molar refractivity (Wildman–Crippen MR) is 41.7 cm³/mol. The molecule has 0 radical (unpaired) electrons. The number of alkyl halides is 3. The summed E-state index contributed by atoms with van der Waals surface area (Å²) >= 11 is 4.98. The highest BCUT2D eigenvalue weighted by atomic mass is 35.5. The maximum Gasteiger partial charge on any atom is 0.454 e. The van der Waals surface area contributed by atoms with Crippen LogP contribution < -0.4 is 0 Å². The SMILES string of the molecule is O=C(c1cc(Cl)c(F)c(F)c1F)C(F)(F)F. The van der Waals surface area contributed by atoms with Gasteiger partial charge in [-0.15, -0.1) is 0 Å². The molecule has 0 unspecified atom stereocenters. The largest absolute Gasteiger partial charge is 0.454 e. The summed E-state index contributed by atoms with van der Waals surface area (Å²) in [5.74, 6) is -8.92. The van der Waals surface area contributed by atoms with Crippen molar-refractivity contribution in [3.63, 3.8) is 0 Å². The number of benzene rings is 1. The first-order valence-corrected chi connectivity index (χ1v) is 3.98. The monoisotopic (exact) mass is 262 g/mol. The average Bonchev–Trinajstić information content (AvgIpc) is 2.18. The van der Waals surface area contributed by atoms with Gasteiger partial charge in [0.25, 0.3) is 5.78 Å². The second-order valence-electron chi connectivity index (χ2n) is 2.67. The fourth-order valence-electron chi connectivity index (χ4n) is 0.891. The third kappa shape index (κ3) is 2.13. The van der Waals surface area contributed by atoms with Crippen molar-refractivity contribution in [2.75, 3.05) is 0 Å². The van der Waals surface area contributed by atoms with E-state index >= 15 is 0 Å². The highest BCUT2D eigenvalue weighted by Crippen LogP contribution is 2.28. The number of carbonyl (C=O) groups excluding carboxylic acids is 1. The molecule has 0 spiro atoms. The maximum atomic E-state index is 12.8. The van der Waals surface area contributed by atoms with Gasteiger partial charge in [0.15, 0.2) is 17.5 Å². The van der Waals surface area contributed by atoms with Gasteiger partial charge >= 0.3 is 6.18 Å². The topological polar surface area (TPSA) is 17.1 Å².